The van der Waals surface area contributed by atoms with Gasteiger partial charge in [-0.3, -0.25) is 5.10 Å². The topological polar surface area (TPSA) is 41.6 Å². The smallest absolute Gasteiger partial charge is 0.111 e. The first-order valence-electron chi connectivity index (χ1n) is 2.92. The Morgan fingerprint density at radius 2 is 2.36 bits per heavy atom. The lowest BCUT2D eigenvalue weighted by molar-refractivity contribution is 1.12. The van der Waals surface area contributed by atoms with Crippen LogP contribution in [0, 0.1) is 0 Å². The van der Waals surface area contributed by atoms with Gasteiger partial charge in [0.15, 0.2) is 0 Å². The molecule has 0 spiro atoms. The van der Waals surface area contributed by atoms with Crippen LogP contribution in [0.25, 0.3) is 11.0 Å². The quantitative estimate of drug-likeness (QED) is 0.709. The van der Waals surface area contributed by atoms with Gasteiger partial charge < -0.3 is 0 Å². The summed E-state index contributed by atoms with van der Waals surface area (Å²) in [6.07, 6.45) is 1.63. The molecule has 56 valence electrons. The molecule has 11 heavy (non-hydrogen) atoms. The molecular weight excluding hydrogens is 229 g/mol. The molecule has 2 heterocycles. The van der Waals surface area contributed by atoms with Gasteiger partial charge in [0.25, 0.3) is 0 Å². The van der Waals surface area contributed by atoms with Gasteiger partial charge in [0.1, 0.15) is 15.6 Å². The number of hydrogen-bond acceptors (Lipinski definition) is 2. The number of fused-ring (bicyclic) bond motifs is 1. The molecule has 0 aromatic carbocycles. The molecule has 2 aromatic heterocycles. The fourth-order valence-corrected chi connectivity index (χ4v) is 1.66. The highest BCUT2D eigenvalue weighted by Crippen LogP contribution is 2.22. The van der Waals surface area contributed by atoms with E-state index in [9.17, 15) is 0 Å². The van der Waals surface area contributed by atoms with Gasteiger partial charge in [0, 0.05) is 0 Å². The van der Waals surface area contributed by atoms with E-state index in [4.69, 9.17) is 11.6 Å². The Morgan fingerprint density at radius 1 is 1.55 bits per heavy atom. The molecule has 0 amide bonds. The Labute approximate surface area is 75.9 Å². The first-order valence-corrected chi connectivity index (χ1v) is 4.09. The molecule has 0 saturated carbocycles. The monoisotopic (exact) mass is 231 g/mol. The molecular formula is C6H3BrClN3. The maximum Gasteiger partial charge on any atom is 0.111 e. The molecule has 3 nitrogen and oxygen atoms in total. The van der Waals surface area contributed by atoms with Crippen molar-refractivity contribution < 1.29 is 0 Å². The van der Waals surface area contributed by atoms with E-state index in [1.807, 2.05) is 0 Å². The Bertz CT molecular complexity index is 398. The van der Waals surface area contributed by atoms with Crippen LogP contribution in [0.15, 0.2) is 16.9 Å². The number of rotatable bonds is 0. The molecule has 2 rings (SSSR count). The minimum atomic E-state index is 0.624. The number of nitrogens with one attached hydrogen (secondary N) is 1. The number of halogens is 2. The molecule has 0 atom stereocenters. The summed E-state index contributed by atoms with van der Waals surface area (Å²) in [6.45, 7) is 0. The van der Waals surface area contributed by atoms with Crippen molar-refractivity contribution in [3.05, 3.63) is 21.9 Å². The van der Waals surface area contributed by atoms with E-state index in [0.29, 0.717) is 5.02 Å². The van der Waals surface area contributed by atoms with Crippen LogP contribution >= 0.6 is 27.5 Å². The van der Waals surface area contributed by atoms with Gasteiger partial charge in [-0.1, -0.05) is 11.6 Å². The van der Waals surface area contributed by atoms with Crippen LogP contribution in [0.5, 0.6) is 0 Å². The second kappa shape index (κ2) is 2.46. The zero-order chi connectivity index (χ0) is 7.84. The maximum absolute atomic E-state index is 5.86. The van der Waals surface area contributed by atoms with E-state index < -0.39 is 0 Å². The SMILES string of the molecule is Clc1cc(Br)nc2cn[nH]c12. The van der Waals surface area contributed by atoms with Crippen LogP contribution in [0.3, 0.4) is 0 Å². The summed E-state index contributed by atoms with van der Waals surface area (Å²) < 4.78 is 0.719. The molecule has 0 aliphatic rings. The van der Waals surface area contributed by atoms with Crippen molar-refractivity contribution in [2.45, 2.75) is 0 Å². The van der Waals surface area contributed by atoms with Gasteiger partial charge in [-0.25, -0.2) is 4.98 Å². The average Bonchev–Trinajstić information content (AvgIpc) is 2.34. The van der Waals surface area contributed by atoms with Crippen molar-refractivity contribution in [2.75, 3.05) is 0 Å². The van der Waals surface area contributed by atoms with Gasteiger partial charge in [0.05, 0.1) is 11.2 Å². The molecule has 5 heteroatoms. The number of aromatic amines is 1. The van der Waals surface area contributed by atoms with E-state index in [0.717, 1.165) is 15.6 Å². The maximum atomic E-state index is 5.86. The minimum absolute atomic E-state index is 0.624. The molecule has 0 fully saturated rings. The number of aromatic nitrogens is 3. The highest BCUT2D eigenvalue weighted by atomic mass is 79.9. The molecule has 0 saturated heterocycles. The summed E-state index contributed by atoms with van der Waals surface area (Å²) in [6, 6.07) is 1.72. The lowest BCUT2D eigenvalue weighted by Gasteiger charge is -1.92. The third-order valence-electron chi connectivity index (χ3n) is 1.33. The third-order valence-corrected chi connectivity index (χ3v) is 2.04. The van der Waals surface area contributed by atoms with Crippen molar-refractivity contribution in [2.24, 2.45) is 0 Å². The Balaban J connectivity index is 2.91. The predicted molar refractivity (Wildman–Crippen MR) is 46.6 cm³/mol. The van der Waals surface area contributed by atoms with Crippen LogP contribution in [-0.4, -0.2) is 15.2 Å². The Morgan fingerprint density at radius 3 is 3.18 bits per heavy atom. The summed E-state index contributed by atoms with van der Waals surface area (Å²) in [5.74, 6) is 0. The molecule has 0 unspecified atom stereocenters. The lowest BCUT2D eigenvalue weighted by atomic mass is 10.4. The molecule has 0 aliphatic heterocycles. The van der Waals surface area contributed by atoms with Gasteiger partial charge in [-0.15, -0.1) is 0 Å². The van der Waals surface area contributed by atoms with E-state index in [1.54, 1.807) is 12.3 Å². The van der Waals surface area contributed by atoms with Crippen LogP contribution in [0.1, 0.15) is 0 Å². The van der Waals surface area contributed by atoms with Crippen molar-refractivity contribution in [3.63, 3.8) is 0 Å². The zero-order valence-electron chi connectivity index (χ0n) is 5.31. The fourth-order valence-electron chi connectivity index (χ4n) is 0.864. The summed E-state index contributed by atoms with van der Waals surface area (Å²) >= 11 is 9.09. The number of H-pyrrole nitrogens is 1. The Kier molecular flexibility index (Phi) is 1.58. The van der Waals surface area contributed by atoms with Crippen molar-refractivity contribution in [1.29, 1.82) is 0 Å². The fraction of sp³-hybridized carbons (Fsp3) is 0. The van der Waals surface area contributed by atoms with Gasteiger partial charge >= 0.3 is 0 Å². The van der Waals surface area contributed by atoms with Crippen molar-refractivity contribution in [1.82, 2.24) is 15.2 Å². The molecule has 0 radical (unpaired) electrons. The van der Waals surface area contributed by atoms with Crippen molar-refractivity contribution in [3.8, 4) is 0 Å². The first kappa shape index (κ1) is 7.06. The van der Waals surface area contributed by atoms with E-state index in [1.165, 1.54) is 0 Å². The van der Waals surface area contributed by atoms with Crippen LogP contribution < -0.4 is 0 Å². The first-order chi connectivity index (χ1) is 5.27. The normalized spacial score (nSPS) is 10.7. The average molecular weight is 232 g/mol. The van der Waals surface area contributed by atoms with Crippen LogP contribution in [0.4, 0.5) is 0 Å². The minimum Gasteiger partial charge on any atom is -0.275 e. The summed E-state index contributed by atoms with van der Waals surface area (Å²) in [5, 5.41) is 7.18. The van der Waals surface area contributed by atoms with Gasteiger partial charge in [0.2, 0.25) is 0 Å². The van der Waals surface area contributed by atoms with E-state index >= 15 is 0 Å². The highest BCUT2D eigenvalue weighted by Gasteiger charge is 2.02. The van der Waals surface area contributed by atoms with Crippen molar-refractivity contribution >= 4 is 38.6 Å². The summed E-state index contributed by atoms with van der Waals surface area (Å²) in [4.78, 5) is 4.13. The van der Waals surface area contributed by atoms with E-state index in [2.05, 4.69) is 31.1 Å². The Hall–Kier alpha value is -0.610. The molecule has 2 aromatic rings. The van der Waals surface area contributed by atoms with Gasteiger partial charge in [-0.2, -0.15) is 5.10 Å². The predicted octanol–water partition coefficient (Wildman–Crippen LogP) is 2.37. The van der Waals surface area contributed by atoms with Crippen LogP contribution in [-0.2, 0) is 0 Å². The van der Waals surface area contributed by atoms with E-state index in [-0.39, 0.29) is 0 Å². The largest absolute Gasteiger partial charge is 0.275 e. The molecule has 0 aliphatic carbocycles. The zero-order valence-corrected chi connectivity index (χ0v) is 7.65. The standard InChI is InChI=1S/C6H3BrClN3/c7-5-1-3(8)6-4(10-5)2-9-11-6/h1-2H,(H,9,11). The number of hydrogen-bond donors (Lipinski definition) is 1. The second-order valence-electron chi connectivity index (χ2n) is 2.06. The lowest BCUT2D eigenvalue weighted by Crippen LogP contribution is -1.77. The third kappa shape index (κ3) is 1.12. The van der Waals surface area contributed by atoms with Crippen LogP contribution in [0.2, 0.25) is 5.02 Å². The molecule has 1 N–H and O–H groups in total. The second-order valence-corrected chi connectivity index (χ2v) is 3.28. The van der Waals surface area contributed by atoms with Gasteiger partial charge in [-0.05, 0) is 22.0 Å². The summed E-state index contributed by atoms with van der Waals surface area (Å²) in [7, 11) is 0. The molecule has 0 bridgehead atoms. The summed E-state index contributed by atoms with van der Waals surface area (Å²) in [5.41, 5.74) is 1.54. The number of pyridine rings is 1. The highest BCUT2D eigenvalue weighted by molar-refractivity contribution is 9.10. The number of nitrogens with zero attached hydrogens (tertiary/aromatic N) is 2.